The lowest BCUT2D eigenvalue weighted by Gasteiger charge is -2.23. The normalized spacial score (nSPS) is 15.9. The molecule has 0 unspecified atom stereocenters. The van der Waals surface area contributed by atoms with Crippen LogP contribution in [0.1, 0.15) is 24.3 Å². The molecule has 0 saturated heterocycles. The first-order valence-electron chi connectivity index (χ1n) is 8.94. The average molecular weight is 463 g/mol. The molecule has 152 valence electrons. The van der Waals surface area contributed by atoms with Gasteiger partial charge in [0.15, 0.2) is 5.82 Å². The third-order valence-corrected chi connectivity index (χ3v) is 4.81. The van der Waals surface area contributed by atoms with Gasteiger partial charge in [0.25, 0.3) is 5.91 Å². The van der Waals surface area contributed by atoms with Crippen LogP contribution in [-0.4, -0.2) is 42.6 Å². The minimum absolute atomic E-state index is 0.0193. The maximum Gasteiger partial charge on any atom is 0.270 e. The minimum atomic E-state index is -0.760. The van der Waals surface area contributed by atoms with E-state index in [-0.39, 0.29) is 29.7 Å². The van der Waals surface area contributed by atoms with Crippen LogP contribution in [0, 0.1) is 5.82 Å². The van der Waals surface area contributed by atoms with Gasteiger partial charge in [0.1, 0.15) is 35.7 Å². The number of likely N-dealkylation sites (N-methyl/N-ethyl adjacent to an activating group) is 1. The molecule has 1 aromatic heterocycles. The number of halogens is 2. The van der Waals surface area contributed by atoms with Crippen molar-refractivity contribution in [3.8, 4) is 5.75 Å². The fourth-order valence-electron chi connectivity index (χ4n) is 2.96. The van der Waals surface area contributed by atoms with Crippen molar-refractivity contribution in [2.75, 3.05) is 23.9 Å². The molecule has 1 aliphatic rings. The van der Waals surface area contributed by atoms with Crippen LogP contribution in [0.4, 0.5) is 15.8 Å². The number of pyridine rings is 1. The highest BCUT2D eigenvalue weighted by molar-refractivity contribution is 9.10. The Bertz CT molecular complexity index is 992. The van der Waals surface area contributed by atoms with Crippen LogP contribution in [0.2, 0.25) is 0 Å². The van der Waals surface area contributed by atoms with Crippen LogP contribution in [0.3, 0.4) is 0 Å². The Kier molecular flexibility index (Phi) is 6.20. The number of hydrogen-bond acceptors (Lipinski definition) is 6. The van der Waals surface area contributed by atoms with Crippen molar-refractivity contribution in [3.63, 3.8) is 0 Å². The minimum Gasteiger partial charge on any atom is -0.489 e. The summed E-state index contributed by atoms with van der Waals surface area (Å²) in [5, 5.41) is 5.65. The highest BCUT2D eigenvalue weighted by Crippen LogP contribution is 2.35. The van der Waals surface area contributed by atoms with E-state index in [0.717, 1.165) is 10.7 Å². The Morgan fingerprint density at radius 1 is 1.41 bits per heavy atom. The van der Waals surface area contributed by atoms with Crippen LogP contribution in [0.25, 0.3) is 0 Å². The van der Waals surface area contributed by atoms with E-state index in [2.05, 4.69) is 31.5 Å². The van der Waals surface area contributed by atoms with Gasteiger partial charge in [0.05, 0.1) is 17.6 Å². The molecular weight excluding hydrogens is 443 g/mol. The highest BCUT2D eigenvalue weighted by atomic mass is 79.9. The number of benzene rings is 1. The second-order valence-electron chi connectivity index (χ2n) is 6.84. The molecule has 0 spiro atoms. The molecule has 29 heavy (non-hydrogen) atoms. The lowest BCUT2D eigenvalue weighted by molar-refractivity contribution is 0.0926. The molecule has 1 atom stereocenters. The summed E-state index contributed by atoms with van der Waals surface area (Å²) in [6, 6.07) is 5.96. The molecule has 0 saturated carbocycles. The molecule has 0 aliphatic carbocycles. The molecular formula is C20H20BrFN4O3. The average Bonchev–Trinajstić information content (AvgIpc) is 2.79. The number of carbonyl (C=O) groups excluding carboxylic acids is 2. The van der Waals surface area contributed by atoms with Gasteiger partial charge in [-0.2, -0.15) is 0 Å². The molecule has 2 aromatic rings. The smallest absolute Gasteiger partial charge is 0.270 e. The van der Waals surface area contributed by atoms with Crippen LogP contribution in [-0.2, 0) is 4.79 Å². The van der Waals surface area contributed by atoms with Crippen molar-refractivity contribution in [2.45, 2.75) is 25.9 Å². The summed E-state index contributed by atoms with van der Waals surface area (Å²) in [7, 11) is 1.69. The van der Waals surface area contributed by atoms with E-state index in [1.165, 1.54) is 6.07 Å². The number of fused-ring (bicyclic) bond motifs is 1. The van der Waals surface area contributed by atoms with Gasteiger partial charge < -0.3 is 20.3 Å². The molecule has 0 radical (unpaired) electrons. The number of anilines is 2. The molecule has 1 amide bonds. The predicted molar refractivity (Wildman–Crippen MR) is 111 cm³/mol. The Hall–Kier alpha value is -2.90. The molecule has 3 rings (SSSR count). The zero-order chi connectivity index (χ0) is 21.1. The summed E-state index contributed by atoms with van der Waals surface area (Å²) in [4.78, 5) is 29.9. The Morgan fingerprint density at radius 3 is 2.86 bits per heavy atom. The van der Waals surface area contributed by atoms with Crippen molar-refractivity contribution in [1.82, 2.24) is 10.3 Å². The van der Waals surface area contributed by atoms with Crippen molar-refractivity contribution < 1.29 is 18.7 Å². The second kappa shape index (κ2) is 8.63. The number of amides is 1. The summed E-state index contributed by atoms with van der Waals surface area (Å²) in [5.74, 6) is 1.36. The van der Waals surface area contributed by atoms with Crippen LogP contribution < -0.4 is 20.3 Å². The molecule has 0 bridgehead atoms. The van der Waals surface area contributed by atoms with Crippen molar-refractivity contribution in [1.29, 1.82) is 0 Å². The topological polar surface area (TPSA) is 83.6 Å². The van der Waals surface area contributed by atoms with Gasteiger partial charge in [-0.15, -0.1) is 0 Å². The summed E-state index contributed by atoms with van der Waals surface area (Å²) in [6.07, 6.45) is 0.985. The van der Waals surface area contributed by atoms with Crippen LogP contribution >= 0.6 is 15.9 Å². The van der Waals surface area contributed by atoms with Gasteiger partial charge in [-0.3, -0.25) is 4.79 Å². The Morgan fingerprint density at radius 2 is 2.17 bits per heavy atom. The van der Waals surface area contributed by atoms with Crippen LogP contribution in [0.5, 0.6) is 5.75 Å². The van der Waals surface area contributed by atoms with Gasteiger partial charge in [-0.25, -0.2) is 14.2 Å². The second-order valence-corrected chi connectivity index (χ2v) is 7.76. The van der Waals surface area contributed by atoms with E-state index in [9.17, 15) is 14.0 Å². The first-order chi connectivity index (χ1) is 13.8. The van der Waals surface area contributed by atoms with Crippen LogP contribution in [0.15, 0.2) is 40.6 Å². The number of rotatable bonds is 4. The van der Waals surface area contributed by atoms with Gasteiger partial charge in [0.2, 0.25) is 0 Å². The molecule has 1 aliphatic heterocycles. The quantitative estimate of drug-likeness (QED) is 0.679. The monoisotopic (exact) mass is 462 g/mol. The van der Waals surface area contributed by atoms with Crippen molar-refractivity contribution in [3.05, 3.63) is 52.1 Å². The Balaban J connectivity index is 1.84. The fourth-order valence-corrected chi connectivity index (χ4v) is 3.31. The molecule has 2 heterocycles. The van der Waals surface area contributed by atoms with Gasteiger partial charge in [-0.1, -0.05) is 15.9 Å². The van der Waals surface area contributed by atoms with Crippen molar-refractivity contribution in [2.24, 2.45) is 0 Å². The molecule has 0 fully saturated rings. The van der Waals surface area contributed by atoms with E-state index in [4.69, 9.17) is 4.74 Å². The number of hydrogen-bond donors (Lipinski definition) is 2. The third kappa shape index (κ3) is 4.58. The van der Waals surface area contributed by atoms with Gasteiger partial charge >= 0.3 is 0 Å². The maximum atomic E-state index is 13.9. The molecule has 2 N–H and O–H groups in total. The van der Waals surface area contributed by atoms with E-state index >= 15 is 0 Å². The predicted octanol–water partition coefficient (Wildman–Crippen LogP) is 3.15. The lowest BCUT2D eigenvalue weighted by atomic mass is 10.2. The highest BCUT2D eigenvalue weighted by Gasteiger charge is 2.29. The number of nitrogens with one attached hydrogen (secondary N) is 2. The maximum absolute atomic E-state index is 13.9. The van der Waals surface area contributed by atoms with E-state index in [0.29, 0.717) is 11.4 Å². The molecule has 1 aromatic carbocycles. The number of ether oxygens (including phenoxy) is 1. The molecule has 7 nitrogen and oxygen atoms in total. The lowest BCUT2D eigenvalue weighted by Crippen LogP contribution is -2.44. The Labute approximate surface area is 176 Å². The van der Waals surface area contributed by atoms with E-state index in [1.54, 1.807) is 18.0 Å². The summed E-state index contributed by atoms with van der Waals surface area (Å²) in [5.41, 5.74) is 1.07. The number of nitrogens with zero attached hydrogens (tertiary/aromatic N) is 2. The number of carbonyl (C=O) groups is 1. The zero-order valence-electron chi connectivity index (χ0n) is 16.1. The van der Waals surface area contributed by atoms with E-state index < -0.39 is 17.8 Å². The SMILES string of the molecule is CC(C)Nc1cc(C(=O)N[C@@H]2COc3ccc(Br)cc3N(C)C2=C=O)ncc1F. The largest absolute Gasteiger partial charge is 0.489 e. The van der Waals surface area contributed by atoms with Gasteiger partial charge in [0, 0.05) is 17.6 Å². The zero-order valence-corrected chi connectivity index (χ0v) is 17.7. The van der Waals surface area contributed by atoms with Gasteiger partial charge in [-0.05, 0) is 38.1 Å². The third-order valence-electron chi connectivity index (χ3n) is 4.32. The summed E-state index contributed by atoms with van der Waals surface area (Å²) in [6.45, 7) is 3.75. The standard InChI is InChI=1S/C20H20BrFN4O3/c1-11(2)24-14-7-15(23-8-13(14)22)20(28)25-16-10-29-19-5-4-12(21)6-17(19)26(3)18(16)9-27/h4-8,11,16H,10H2,1-3H3,(H,23,24)(H,25,28)/t16-/m1/s1. The van der Waals surface area contributed by atoms with E-state index in [1.807, 2.05) is 31.9 Å². The fraction of sp³-hybridized carbons (Fsp3) is 0.300. The summed E-state index contributed by atoms with van der Waals surface area (Å²) < 4.78 is 20.5. The number of aromatic nitrogens is 1. The molecule has 9 heteroatoms. The first-order valence-corrected chi connectivity index (χ1v) is 9.73. The van der Waals surface area contributed by atoms with Crippen molar-refractivity contribution >= 4 is 39.2 Å². The summed E-state index contributed by atoms with van der Waals surface area (Å²) >= 11 is 3.40. The first kappa shape index (κ1) is 20.8.